The van der Waals surface area contributed by atoms with E-state index in [4.69, 9.17) is 0 Å². The van der Waals surface area contributed by atoms with Gasteiger partial charge in [-0.1, -0.05) is 22.9 Å². The summed E-state index contributed by atoms with van der Waals surface area (Å²) in [5.41, 5.74) is 1.43. The number of anilines is 1. The Hall–Kier alpha value is -3.19. The molecular formula is C23H22BrN3O3. The van der Waals surface area contributed by atoms with Gasteiger partial charge in [0, 0.05) is 33.6 Å². The van der Waals surface area contributed by atoms with Crippen molar-refractivity contribution in [1.82, 2.24) is 9.88 Å². The monoisotopic (exact) mass is 467 g/mol. The van der Waals surface area contributed by atoms with Gasteiger partial charge < -0.3 is 10.6 Å². The van der Waals surface area contributed by atoms with Gasteiger partial charge in [-0.15, -0.1) is 0 Å². The number of nitrogens with zero attached hydrogens (tertiary/aromatic N) is 1. The fourth-order valence-electron chi connectivity index (χ4n) is 2.78. The highest BCUT2D eigenvalue weighted by molar-refractivity contribution is 9.10. The molecule has 0 radical (unpaired) electrons. The van der Waals surface area contributed by atoms with Crippen LogP contribution in [0.3, 0.4) is 0 Å². The van der Waals surface area contributed by atoms with Crippen molar-refractivity contribution < 1.29 is 9.59 Å². The van der Waals surface area contributed by atoms with Crippen LogP contribution in [0.5, 0.6) is 0 Å². The maximum atomic E-state index is 12.8. The normalized spacial score (nSPS) is 11.6. The van der Waals surface area contributed by atoms with Gasteiger partial charge >= 0.3 is 0 Å². The standard InChI is InChI=1S/C23H22BrN3O3/c1-3-15(2)25-22(29)20-5-4-14-27(23(20)30)19-12-10-18(11-13-19)26-21(28)16-6-8-17(24)9-7-16/h4-15H,3H2,1-2H3,(H,25,29)(H,26,28). The number of benzene rings is 2. The minimum atomic E-state index is -0.398. The molecule has 0 aliphatic carbocycles. The number of nitrogens with one attached hydrogen (secondary N) is 2. The summed E-state index contributed by atoms with van der Waals surface area (Å²) in [6, 6.07) is 17.1. The molecule has 30 heavy (non-hydrogen) atoms. The van der Waals surface area contributed by atoms with Crippen molar-refractivity contribution in [3.8, 4) is 5.69 Å². The number of rotatable bonds is 6. The van der Waals surface area contributed by atoms with E-state index in [-0.39, 0.29) is 23.4 Å². The van der Waals surface area contributed by atoms with E-state index in [1.807, 2.05) is 13.8 Å². The van der Waals surface area contributed by atoms with Crippen molar-refractivity contribution in [2.24, 2.45) is 0 Å². The van der Waals surface area contributed by atoms with Crippen molar-refractivity contribution >= 4 is 33.4 Å². The first-order valence-electron chi connectivity index (χ1n) is 9.59. The molecule has 6 nitrogen and oxygen atoms in total. The summed E-state index contributed by atoms with van der Waals surface area (Å²) in [4.78, 5) is 37.5. The minimum absolute atomic E-state index is 0.0147. The molecule has 0 aliphatic rings. The van der Waals surface area contributed by atoms with E-state index in [1.54, 1.807) is 60.8 Å². The summed E-state index contributed by atoms with van der Waals surface area (Å²) in [6.07, 6.45) is 2.39. The van der Waals surface area contributed by atoms with Crippen LogP contribution in [-0.2, 0) is 0 Å². The zero-order valence-electron chi connectivity index (χ0n) is 16.7. The second kappa shape index (κ2) is 9.54. The molecule has 2 aromatic carbocycles. The molecule has 1 heterocycles. The molecule has 7 heteroatoms. The third-order valence-corrected chi connectivity index (χ3v) is 5.22. The van der Waals surface area contributed by atoms with E-state index in [0.717, 1.165) is 10.9 Å². The highest BCUT2D eigenvalue weighted by Gasteiger charge is 2.14. The fourth-order valence-corrected chi connectivity index (χ4v) is 3.05. The van der Waals surface area contributed by atoms with Gasteiger partial charge in [-0.25, -0.2) is 0 Å². The topological polar surface area (TPSA) is 80.2 Å². The number of pyridine rings is 1. The molecule has 0 fully saturated rings. The summed E-state index contributed by atoms with van der Waals surface area (Å²) in [5, 5.41) is 5.64. The number of aromatic nitrogens is 1. The molecule has 154 valence electrons. The molecule has 1 atom stereocenters. The van der Waals surface area contributed by atoms with Crippen molar-refractivity contribution in [3.05, 3.63) is 92.8 Å². The predicted octanol–water partition coefficient (Wildman–Crippen LogP) is 4.38. The summed E-state index contributed by atoms with van der Waals surface area (Å²) >= 11 is 3.34. The molecule has 2 N–H and O–H groups in total. The first kappa shape index (κ1) is 21.5. The quantitative estimate of drug-likeness (QED) is 0.564. The van der Waals surface area contributed by atoms with Gasteiger partial charge in [0.25, 0.3) is 17.4 Å². The van der Waals surface area contributed by atoms with Crippen molar-refractivity contribution in [2.45, 2.75) is 26.3 Å². The lowest BCUT2D eigenvalue weighted by Gasteiger charge is -2.13. The Bertz CT molecular complexity index is 1110. The van der Waals surface area contributed by atoms with Gasteiger partial charge in [-0.05, 0) is 74.0 Å². The van der Waals surface area contributed by atoms with Crippen LogP contribution in [0.1, 0.15) is 41.0 Å². The zero-order chi connectivity index (χ0) is 21.7. The van der Waals surface area contributed by atoms with Crippen LogP contribution < -0.4 is 16.2 Å². The average Bonchev–Trinajstić information content (AvgIpc) is 2.74. The second-order valence-corrected chi connectivity index (χ2v) is 7.80. The van der Waals surface area contributed by atoms with Crippen LogP contribution in [0.15, 0.2) is 76.1 Å². The van der Waals surface area contributed by atoms with Crippen LogP contribution in [0.2, 0.25) is 0 Å². The lowest BCUT2D eigenvalue weighted by Crippen LogP contribution is -2.36. The van der Waals surface area contributed by atoms with Gasteiger partial charge in [0.1, 0.15) is 5.56 Å². The molecule has 0 saturated carbocycles. The fraction of sp³-hybridized carbons (Fsp3) is 0.174. The Morgan fingerprint density at radius 2 is 1.67 bits per heavy atom. The highest BCUT2D eigenvalue weighted by Crippen LogP contribution is 2.15. The third kappa shape index (κ3) is 5.04. The van der Waals surface area contributed by atoms with Crippen LogP contribution in [0.25, 0.3) is 5.69 Å². The Morgan fingerprint density at radius 3 is 2.30 bits per heavy atom. The molecule has 0 aliphatic heterocycles. The van der Waals surface area contributed by atoms with E-state index in [9.17, 15) is 14.4 Å². The summed E-state index contributed by atoms with van der Waals surface area (Å²) in [7, 11) is 0. The molecule has 1 unspecified atom stereocenters. The summed E-state index contributed by atoms with van der Waals surface area (Å²) in [5.74, 6) is -0.613. The van der Waals surface area contributed by atoms with Crippen molar-refractivity contribution in [3.63, 3.8) is 0 Å². The molecule has 1 aromatic heterocycles. The van der Waals surface area contributed by atoms with Crippen LogP contribution in [0.4, 0.5) is 5.69 Å². The first-order chi connectivity index (χ1) is 14.4. The molecule has 2 amide bonds. The summed E-state index contributed by atoms with van der Waals surface area (Å²) in [6.45, 7) is 3.85. The molecule has 3 aromatic rings. The molecule has 0 spiro atoms. The number of hydrogen-bond acceptors (Lipinski definition) is 3. The minimum Gasteiger partial charge on any atom is -0.349 e. The number of hydrogen-bond donors (Lipinski definition) is 2. The van der Waals surface area contributed by atoms with Gasteiger partial charge in [0.2, 0.25) is 0 Å². The van der Waals surface area contributed by atoms with E-state index >= 15 is 0 Å². The molecule has 3 rings (SSSR count). The Balaban J connectivity index is 1.78. The summed E-state index contributed by atoms with van der Waals surface area (Å²) < 4.78 is 2.31. The molecular weight excluding hydrogens is 446 g/mol. The zero-order valence-corrected chi connectivity index (χ0v) is 18.3. The van der Waals surface area contributed by atoms with Gasteiger partial charge in [-0.3, -0.25) is 19.0 Å². The number of amides is 2. The van der Waals surface area contributed by atoms with Crippen LogP contribution >= 0.6 is 15.9 Å². The SMILES string of the molecule is CCC(C)NC(=O)c1cccn(-c2ccc(NC(=O)c3ccc(Br)cc3)cc2)c1=O. The van der Waals surface area contributed by atoms with E-state index in [2.05, 4.69) is 26.6 Å². The molecule has 0 saturated heterocycles. The number of halogens is 1. The van der Waals surface area contributed by atoms with E-state index in [1.165, 1.54) is 10.6 Å². The van der Waals surface area contributed by atoms with Crippen LogP contribution in [-0.4, -0.2) is 22.4 Å². The Morgan fingerprint density at radius 1 is 1.00 bits per heavy atom. The Kier molecular flexibility index (Phi) is 6.84. The van der Waals surface area contributed by atoms with E-state index in [0.29, 0.717) is 16.9 Å². The smallest absolute Gasteiger partial charge is 0.267 e. The third-order valence-electron chi connectivity index (χ3n) is 4.69. The van der Waals surface area contributed by atoms with Gasteiger partial charge in [0.05, 0.1) is 0 Å². The number of carbonyl (C=O) groups is 2. The lowest BCUT2D eigenvalue weighted by atomic mass is 10.2. The van der Waals surface area contributed by atoms with Crippen molar-refractivity contribution in [1.29, 1.82) is 0 Å². The molecule has 0 bridgehead atoms. The van der Waals surface area contributed by atoms with Gasteiger partial charge in [-0.2, -0.15) is 0 Å². The second-order valence-electron chi connectivity index (χ2n) is 6.89. The number of carbonyl (C=O) groups excluding carboxylic acids is 2. The highest BCUT2D eigenvalue weighted by atomic mass is 79.9. The maximum Gasteiger partial charge on any atom is 0.267 e. The van der Waals surface area contributed by atoms with Crippen LogP contribution in [0, 0.1) is 0 Å². The largest absolute Gasteiger partial charge is 0.349 e. The predicted molar refractivity (Wildman–Crippen MR) is 121 cm³/mol. The first-order valence-corrected chi connectivity index (χ1v) is 10.4. The lowest BCUT2D eigenvalue weighted by molar-refractivity contribution is 0.0936. The van der Waals surface area contributed by atoms with Crippen molar-refractivity contribution in [2.75, 3.05) is 5.32 Å². The maximum absolute atomic E-state index is 12.8. The average molecular weight is 468 g/mol. The van der Waals surface area contributed by atoms with E-state index < -0.39 is 5.56 Å². The Labute approximate surface area is 183 Å². The van der Waals surface area contributed by atoms with Gasteiger partial charge in [0.15, 0.2) is 0 Å².